The molecule has 0 aliphatic carbocycles. The second kappa shape index (κ2) is 19.3. The maximum absolute atomic E-state index is 5.79. The van der Waals surface area contributed by atoms with E-state index < -0.39 is 0 Å². The lowest BCUT2D eigenvalue weighted by molar-refractivity contribution is 1.65. The predicted octanol–water partition coefficient (Wildman–Crippen LogP) is 5.27. The molecule has 0 radical (unpaired) electrons. The summed E-state index contributed by atoms with van der Waals surface area (Å²) in [5.74, 6) is 0. The molecule has 0 aliphatic heterocycles. The van der Waals surface area contributed by atoms with Crippen LogP contribution in [0.15, 0.2) is 66.7 Å². The number of thiophene rings is 1. The lowest BCUT2D eigenvalue weighted by atomic mass is 9.99. The molecular formula is C18H13NS17. The number of benzene rings is 3. The minimum Gasteiger partial charge on any atom is -0.399 e. The van der Waals surface area contributed by atoms with Crippen molar-refractivity contribution in [1.29, 1.82) is 0 Å². The molecule has 1 aromatic heterocycles. The van der Waals surface area contributed by atoms with Crippen molar-refractivity contribution in [1.82, 2.24) is 0 Å². The number of anilines is 1. The fourth-order valence-electron chi connectivity index (χ4n) is 2.81. The van der Waals surface area contributed by atoms with Gasteiger partial charge in [0.2, 0.25) is 0 Å². The summed E-state index contributed by atoms with van der Waals surface area (Å²) in [6, 6.07) is 23.2. The largest absolute Gasteiger partial charge is 0.399 e. The number of nitrogen functional groups attached to an aromatic ring is 1. The van der Waals surface area contributed by atoms with E-state index in [9.17, 15) is 0 Å². The first-order valence-corrected chi connectivity index (χ1v) is 29.9. The zero-order valence-corrected chi connectivity index (χ0v) is 31.2. The predicted molar refractivity (Wildman–Crippen MR) is 207 cm³/mol. The van der Waals surface area contributed by atoms with Gasteiger partial charge in [-0.3, -0.25) is 0 Å². The third kappa shape index (κ3) is 11.0. The minimum atomic E-state index is 0.802. The molecule has 0 atom stereocenters. The minimum absolute atomic E-state index is 0.802. The van der Waals surface area contributed by atoms with E-state index in [2.05, 4.69) is 54.6 Å². The Hall–Kier alpha value is 1.20. The molecule has 36 heavy (non-hydrogen) atoms. The molecule has 1 heterocycles. The molecule has 192 valence electrons. The summed E-state index contributed by atoms with van der Waals surface area (Å²) >= 11 is 11.3. The molecule has 0 saturated heterocycles. The highest BCUT2D eigenvalue weighted by molar-refractivity contribution is 8.77. The van der Waals surface area contributed by atoms with E-state index in [-0.39, 0.29) is 0 Å². The Balaban J connectivity index is 0.000000208. The van der Waals surface area contributed by atoms with Crippen molar-refractivity contribution in [2.75, 3.05) is 5.73 Å². The molecule has 0 saturated carbocycles. The van der Waals surface area contributed by atoms with E-state index >= 15 is 0 Å². The molecule has 3 aromatic carbocycles. The third-order valence-electron chi connectivity index (χ3n) is 3.99. The van der Waals surface area contributed by atoms with Crippen molar-refractivity contribution >= 4 is 184 Å². The average Bonchev–Trinajstić information content (AvgIpc) is 3.29. The molecular weight excluding hydrogens is 775 g/mol. The molecule has 0 amide bonds. The topological polar surface area (TPSA) is 26.0 Å². The van der Waals surface area contributed by atoms with Crippen LogP contribution in [0.5, 0.6) is 0 Å². The zero-order valence-electron chi connectivity index (χ0n) is 17.4. The summed E-state index contributed by atoms with van der Waals surface area (Å²) in [4.78, 5) is 0. The molecule has 0 spiro atoms. The van der Waals surface area contributed by atoms with Crippen LogP contribution in [0, 0.1) is 0 Å². The van der Waals surface area contributed by atoms with Gasteiger partial charge in [-0.25, -0.2) is 0 Å². The summed E-state index contributed by atoms with van der Waals surface area (Å²) in [6.45, 7) is 0. The van der Waals surface area contributed by atoms with Crippen LogP contribution in [0.4, 0.5) is 5.69 Å². The Morgan fingerprint density at radius 3 is 1.58 bits per heavy atom. The van der Waals surface area contributed by atoms with Crippen molar-refractivity contribution in [2.45, 2.75) is 0 Å². The molecule has 1 nitrogen and oxygen atoms in total. The number of fused-ring (bicyclic) bond motifs is 3. The van der Waals surface area contributed by atoms with Crippen LogP contribution < -0.4 is 5.73 Å². The van der Waals surface area contributed by atoms with Gasteiger partial charge >= 0.3 is 0 Å². The van der Waals surface area contributed by atoms with Gasteiger partial charge in [-0.05, 0) is 35.4 Å². The van der Waals surface area contributed by atoms with Crippen LogP contribution in [0.1, 0.15) is 0 Å². The van der Waals surface area contributed by atoms with Gasteiger partial charge in [0, 0.05) is 173 Å². The standard InChI is InChI=1S/C18H13NS.S16/c19-13-10-8-12(9-11-13)14-5-3-7-17-18(14)15-4-1-2-6-16(15)20-17;1-3-5-7-9-11-13-15-16-14-12-10-8-6-4-2/h1-11H,19H2;. The molecule has 0 aliphatic rings. The van der Waals surface area contributed by atoms with Gasteiger partial charge in [-0.15, -0.1) is 11.3 Å². The second-order valence-corrected chi connectivity index (χ2v) is 31.7. The van der Waals surface area contributed by atoms with E-state index in [1.165, 1.54) is 49.1 Å². The molecule has 2 N–H and O–H groups in total. The molecule has 4 aromatic rings. The van der Waals surface area contributed by atoms with E-state index in [0.29, 0.717) is 0 Å². The smallest absolute Gasteiger partial charge is 0.0361 e. The van der Waals surface area contributed by atoms with Crippen molar-refractivity contribution < 1.29 is 0 Å². The zero-order chi connectivity index (χ0) is 25.4. The number of hydrogen-bond acceptors (Lipinski definition) is 4. The Labute approximate surface area is 263 Å². The Kier molecular flexibility index (Phi) is 17.0. The first kappa shape index (κ1) is 31.7. The van der Waals surface area contributed by atoms with Crippen molar-refractivity contribution in [3.8, 4) is 11.1 Å². The lowest BCUT2D eigenvalue weighted by Gasteiger charge is -2.05. The molecule has 0 fully saturated rings. The van der Waals surface area contributed by atoms with Gasteiger partial charge in [-0.1, -0.05) is 42.5 Å². The highest BCUT2D eigenvalue weighted by atomic mass is 33.5. The fourth-order valence-corrected chi connectivity index (χ4v) is 36.9. The quantitative estimate of drug-likeness (QED) is 0.267. The first-order valence-electron chi connectivity index (χ1n) is 9.09. The van der Waals surface area contributed by atoms with Crippen LogP contribution in [0.3, 0.4) is 0 Å². The van der Waals surface area contributed by atoms with Gasteiger partial charge in [0.25, 0.3) is 0 Å². The normalized spacial score (nSPS) is 9.44. The van der Waals surface area contributed by atoms with E-state index in [1.54, 1.807) is 107 Å². The second-order valence-electron chi connectivity index (χ2n) is 5.85. The number of rotatable bonds is 1. The lowest BCUT2D eigenvalue weighted by Crippen LogP contribution is -1.84. The fraction of sp³-hybridized carbons (Fsp3) is 0. The summed E-state index contributed by atoms with van der Waals surface area (Å²) < 4.78 is 2.67. The van der Waals surface area contributed by atoms with Gasteiger partial charge in [-0.2, -0.15) is 0 Å². The summed E-state index contributed by atoms with van der Waals surface area (Å²) in [6.07, 6.45) is 0. The van der Waals surface area contributed by atoms with Gasteiger partial charge in [0.1, 0.15) is 0 Å². The van der Waals surface area contributed by atoms with Crippen molar-refractivity contribution in [2.24, 2.45) is 0 Å². The summed E-state index contributed by atoms with van der Waals surface area (Å²) in [5.41, 5.74) is 9.09. The van der Waals surface area contributed by atoms with Gasteiger partial charge < -0.3 is 5.73 Å². The maximum atomic E-state index is 5.79. The number of nitrogens with two attached hydrogens (primary N) is 1. The molecule has 4 rings (SSSR count). The molecule has 18 heteroatoms. The van der Waals surface area contributed by atoms with Crippen LogP contribution >= 0.6 is 11.3 Å². The van der Waals surface area contributed by atoms with E-state index in [0.717, 1.165) is 5.69 Å². The Bertz CT molecular complexity index is 1920. The van der Waals surface area contributed by atoms with Crippen LogP contribution in [-0.2, 0) is 147 Å². The average molecular weight is 788 g/mol. The van der Waals surface area contributed by atoms with Crippen molar-refractivity contribution in [3.05, 3.63) is 66.7 Å². The first-order chi connectivity index (χ1) is 17.7. The van der Waals surface area contributed by atoms with Crippen LogP contribution in [0.25, 0.3) is 31.3 Å². The summed E-state index contributed by atoms with van der Waals surface area (Å²) in [7, 11) is 23.5. The highest BCUT2D eigenvalue weighted by Crippen LogP contribution is 2.39. The maximum Gasteiger partial charge on any atom is 0.0361 e. The Morgan fingerprint density at radius 2 is 1.03 bits per heavy atom. The third-order valence-corrected chi connectivity index (χ3v) is 34.0. The van der Waals surface area contributed by atoms with E-state index in [1.807, 2.05) is 23.5 Å². The van der Waals surface area contributed by atoms with Gasteiger partial charge in [0.15, 0.2) is 0 Å². The van der Waals surface area contributed by atoms with Crippen molar-refractivity contribution in [3.63, 3.8) is 0 Å². The van der Waals surface area contributed by atoms with Crippen LogP contribution in [-0.4, -0.2) is 0 Å². The monoisotopic (exact) mass is 787 g/mol. The summed E-state index contributed by atoms with van der Waals surface area (Å²) in [5, 5.41) is 2.68. The van der Waals surface area contributed by atoms with Gasteiger partial charge in [0.05, 0.1) is 0 Å². The Morgan fingerprint density at radius 1 is 0.528 bits per heavy atom. The van der Waals surface area contributed by atoms with Crippen LogP contribution in [0.2, 0.25) is 0 Å². The molecule has 0 unspecified atom stereocenters. The van der Waals surface area contributed by atoms with E-state index in [4.69, 9.17) is 28.1 Å². The highest BCUT2D eigenvalue weighted by Gasteiger charge is 2.09. The molecule has 0 bridgehead atoms. The number of hydrogen-bond donors (Lipinski definition) is 1. The SMILES string of the molecule is Nc1ccc(-c2cccc3sc4ccccc4c23)cc1.S=S=S=S=S=S=S=S=S=S=S=S=S=S=S=S.